The average Bonchev–Trinajstić information content (AvgIpc) is 2.71. The van der Waals surface area contributed by atoms with Gasteiger partial charge in [0.2, 0.25) is 10.0 Å². The number of ether oxygens (including phenoxy) is 2. The topological polar surface area (TPSA) is 125 Å². The molecular formula is C21H26N2O6S. The number of rotatable bonds is 10. The van der Waals surface area contributed by atoms with E-state index in [0.717, 1.165) is 19.3 Å². The monoisotopic (exact) mass is 434 g/mol. The molecule has 8 nitrogen and oxygen atoms in total. The van der Waals surface area contributed by atoms with Crippen LogP contribution in [-0.4, -0.2) is 33.0 Å². The van der Waals surface area contributed by atoms with Gasteiger partial charge in [0.15, 0.2) is 6.10 Å². The van der Waals surface area contributed by atoms with Crippen LogP contribution in [0.25, 0.3) is 0 Å². The summed E-state index contributed by atoms with van der Waals surface area (Å²) in [5.41, 5.74) is 0.646. The standard InChI is InChI=1S/C21H26N2O6S/c1-3-4-5-14-28-18-10-6-16(7-11-18)21(25)29-15(2)20(24)23-17-8-12-19(13-9-17)30(22,26)27/h6-13,15H,3-5,14H2,1-2H3,(H,23,24)(H2,22,26,27). The van der Waals surface area contributed by atoms with Gasteiger partial charge in [-0.15, -0.1) is 0 Å². The summed E-state index contributed by atoms with van der Waals surface area (Å²) < 4.78 is 33.3. The molecule has 0 aliphatic rings. The quantitative estimate of drug-likeness (QED) is 0.437. The highest BCUT2D eigenvalue weighted by atomic mass is 32.2. The van der Waals surface area contributed by atoms with Gasteiger partial charge < -0.3 is 14.8 Å². The first kappa shape index (κ1) is 23.4. The fourth-order valence-electron chi connectivity index (χ4n) is 2.48. The maximum atomic E-state index is 12.3. The van der Waals surface area contributed by atoms with Crippen LogP contribution in [0.3, 0.4) is 0 Å². The van der Waals surface area contributed by atoms with Crippen LogP contribution in [0, 0.1) is 0 Å². The number of amides is 1. The van der Waals surface area contributed by atoms with Gasteiger partial charge in [-0.05, 0) is 61.9 Å². The molecule has 0 aromatic heterocycles. The molecule has 3 N–H and O–H groups in total. The van der Waals surface area contributed by atoms with Crippen molar-refractivity contribution in [1.82, 2.24) is 0 Å². The van der Waals surface area contributed by atoms with Crippen LogP contribution in [0.15, 0.2) is 53.4 Å². The molecule has 30 heavy (non-hydrogen) atoms. The number of esters is 1. The van der Waals surface area contributed by atoms with Crippen LogP contribution in [0.5, 0.6) is 5.75 Å². The highest BCUT2D eigenvalue weighted by Crippen LogP contribution is 2.16. The first-order valence-electron chi connectivity index (χ1n) is 9.58. The van der Waals surface area contributed by atoms with Crippen LogP contribution in [0.2, 0.25) is 0 Å². The van der Waals surface area contributed by atoms with E-state index in [9.17, 15) is 18.0 Å². The van der Waals surface area contributed by atoms with Gasteiger partial charge in [-0.25, -0.2) is 18.4 Å². The third-order valence-electron chi connectivity index (χ3n) is 4.21. The molecule has 162 valence electrons. The van der Waals surface area contributed by atoms with Crippen LogP contribution < -0.4 is 15.2 Å². The van der Waals surface area contributed by atoms with E-state index in [4.69, 9.17) is 14.6 Å². The molecule has 2 rings (SSSR count). The van der Waals surface area contributed by atoms with Gasteiger partial charge in [0, 0.05) is 5.69 Å². The summed E-state index contributed by atoms with van der Waals surface area (Å²) >= 11 is 0. The summed E-state index contributed by atoms with van der Waals surface area (Å²) in [5, 5.41) is 7.58. The van der Waals surface area contributed by atoms with Crippen molar-refractivity contribution < 1.29 is 27.5 Å². The normalized spacial score (nSPS) is 12.1. The Labute approximate surface area is 176 Å². The van der Waals surface area contributed by atoms with Crippen molar-refractivity contribution in [3.8, 4) is 5.75 Å². The predicted octanol–water partition coefficient (Wildman–Crippen LogP) is 3.09. The number of primary sulfonamides is 1. The second-order valence-electron chi connectivity index (χ2n) is 6.69. The minimum absolute atomic E-state index is 0.0715. The van der Waals surface area contributed by atoms with E-state index in [-0.39, 0.29) is 4.90 Å². The Kier molecular flexibility index (Phi) is 8.37. The molecule has 1 amide bonds. The molecule has 0 spiro atoms. The zero-order valence-electron chi connectivity index (χ0n) is 17.0. The van der Waals surface area contributed by atoms with E-state index >= 15 is 0 Å². The van der Waals surface area contributed by atoms with E-state index in [0.29, 0.717) is 23.6 Å². The summed E-state index contributed by atoms with van der Waals surface area (Å²) in [6.45, 7) is 4.18. The second-order valence-corrected chi connectivity index (χ2v) is 8.25. The molecule has 1 atom stereocenters. The molecular weight excluding hydrogens is 408 g/mol. The largest absolute Gasteiger partial charge is 0.494 e. The number of sulfonamides is 1. The molecule has 2 aromatic carbocycles. The van der Waals surface area contributed by atoms with Crippen molar-refractivity contribution in [1.29, 1.82) is 0 Å². The third-order valence-corrected chi connectivity index (χ3v) is 5.14. The van der Waals surface area contributed by atoms with E-state index in [1.807, 2.05) is 0 Å². The summed E-state index contributed by atoms with van der Waals surface area (Å²) in [6.07, 6.45) is 2.12. The lowest BCUT2D eigenvalue weighted by molar-refractivity contribution is -0.123. The van der Waals surface area contributed by atoms with Gasteiger partial charge in [0.1, 0.15) is 5.75 Å². The van der Waals surface area contributed by atoms with E-state index in [1.54, 1.807) is 24.3 Å². The molecule has 9 heteroatoms. The van der Waals surface area contributed by atoms with Crippen LogP contribution in [0.1, 0.15) is 43.5 Å². The van der Waals surface area contributed by atoms with Crippen molar-refractivity contribution >= 4 is 27.6 Å². The van der Waals surface area contributed by atoms with Crippen molar-refractivity contribution in [3.05, 3.63) is 54.1 Å². The summed E-state index contributed by atoms with van der Waals surface area (Å²) in [5.74, 6) is -0.529. The Morgan fingerprint density at radius 2 is 1.67 bits per heavy atom. The van der Waals surface area contributed by atoms with E-state index in [1.165, 1.54) is 31.2 Å². The number of benzene rings is 2. The average molecular weight is 435 g/mol. The maximum absolute atomic E-state index is 12.3. The van der Waals surface area contributed by atoms with Crippen LogP contribution in [0.4, 0.5) is 5.69 Å². The molecule has 0 aliphatic heterocycles. The third kappa shape index (κ3) is 7.16. The summed E-state index contributed by atoms with van der Waals surface area (Å²) in [6, 6.07) is 11.8. The molecule has 0 saturated carbocycles. The number of unbranched alkanes of at least 4 members (excludes halogenated alkanes) is 2. The first-order chi connectivity index (χ1) is 14.2. The lowest BCUT2D eigenvalue weighted by Gasteiger charge is -2.14. The second kappa shape index (κ2) is 10.7. The van der Waals surface area contributed by atoms with Crippen molar-refractivity contribution in [2.75, 3.05) is 11.9 Å². The zero-order valence-corrected chi connectivity index (χ0v) is 17.8. The number of nitrogens with two attached hydrogens (primary N) is 1. The van der Waals surface area contributed by atoms with Gasteiger partial charge in [0.05, 0.1) is 17.1 Å². The summed E-state index contributed by atoms with van der Waals surface area (Å²) in [7, 11) is -3.81. The molecule has 0 saturated heterocycles. The molecule has 0 radical (unpaired) electrons. The lowest BCUT2D eigenvalue weighted by Crippen LogP contribution is -2.30. The molecule has 0 heterocycles. The number of hydrogen-bond donors (Lipinski definition) is 2. The zero-order chi connectivity index (χ0) is 22.1. The number of anilines is 1. The minimum atomic E-state index is -3.81. The lowest BCUT2D eigenvalue weighted by atomic mass is 10.2. The Morgan fingerprint density at radius 1 is 1.03 bits per heavy atom. The van der Waals surface area contributed by atoms with Gasteiger partial charge in [-0.3, -0.25) is 4.79 Å². The molecule has 0 fully saturated rings. The van der Waals surface area contributed by atoms with Gasteiger partial charge in [0.25, 0.3) is 5.91 Å². The Morgan fingerprint density at radius 3 is 2.23 bits per heavy atom. The highest BCUT2D eigenvalue weighted by molar-refractivity contribution is 7.89. The van der Waals surface area contributed by atoms with Crippen LogP contribution in [-0.2, 0) is 19.6 Å². The number of carbonyl (C=O) groups excluding carboxylic acids is 2. The molecule has 1 unspecified atom stereocenters. The van der Waals surface area contributed by atoms with Gasteiger partial charge in [-0.1, -0.05) is 19.8 Å². The number of carbonyl (C=O) groups is 2. The predicted molar refractivity (Wildman–Crippen MR) is 113 cm³/mol. The Hall–Kier alpha value is -2.91. The van der Waals surface area contributed by atoms with Crippen molar-refractivity contribution in [2.24, 2.45) is 5.14 Å². The Bertz CT molecular complexity index is 956. The number of nitrogens with one attached hydrogen (secondary N) is 1. The fourth-order valence-corrected chi connectivity index (χ4v) is 3.00. The van der Waals surface area contributed by atoms with Crippen molar-refractivity contribution in [2.45, 2.75) is 44.1 Å². The minimum Gasteiger partial charge on any atom is -0.494 e. The van der Waals surface area contributed by atoms with Gasteiger partial charge >= 0.3 is 5.97 Å². The highest BCUT2D eigenvalue weighted by Gasteiger charge is 2.19. The molecule has 0 aliphatic carbocycles. The van der Waals surface area contributed by atoms with E-state index < -0.39 is 28.0 Å². The van der Waals surface area contributed by atoms with Crippen molar-refractivity contribution in [3.63, 3.8) is 0 Å². The number of hydrogen-bond acceptors (Lipinski definition) is 6. The smallest absolute Gasteiger partial charge is 0.338 e. The molecule has 2 aromatic rings. The SMILES string of the molecule is CCCCCOc1ccc(C(=O)OC(C)C(=O)Nc2ccc(S(N)(=O)=O)cc2)cc1. The first-order valence-corrected chi connectivity index (χ1v) is 11.1. The van der Waals surface area contributed by atoms with Crippen LogP contribution >= 0.6 is 0 Å². The Balaban J connectivity index is 1.87. The van der Waals surface area contributed by atoms with E-state index in [2.05, 4.69) is 12.2 Å². The maximum Gasteiger partial charge on any atom is 0.338 e. The van der Waals surface area contributed by atoms with Gasteiger partial charge in [-0.2, -0.15) is 0 Å². The summed E-state index contributed by atoms with van der Waals surface area (Å²) in [4.78, 5) is 24.4. The molecule has 0 bridgehead atoms. The fraction of sp³-hybridized carbons (Fsp3) is 0.333.